The third-order valence-electron chi connectivity index (χ3n) is 8.88. The maximum absolute atomic E-state index is 13.5. The Hall–Kier alpha value is -3.06. The molecule has 2 rings (SSSR count). The van der Waals surface area contributed by atoms with Crippen molar-refractivity contribution in [2.24, 2.45) is 0 Å². The molecule has 1 amide bonds. The van der Waals surface area contributed by atoms with Crippen molar-refractivity contribution in [3.05, 3.63) is 71.5 Å². The van der Waals surface area contributed by atoms with Crippen molar-refractivity contribution in [3.8, 4) is 0 Å². The first kappa shape index (κ1) is 40.1. The first-order chi connectivity index (χ1) is 22.8. The van der Waals surface area contributed by atoms with E-state index in [0.717, 1.165) is 94.6 Å². The second-order valence-corrected chi connectivity index (χ2v) is 12.6. The van der Waals surface area contributed by atoms with Gasteiger partial charge in [-0.1, -0.05) is 77.8 Å². The summed E-state index contributed by atoms with van der Waals surface area (Å²) in [4.78, 5) is 33.2. The number of ether oxygens (including phenoxy) is 2. The molecule has 47 heavy (non-hydrogen) atoms. The summed E-state index contributed by atoms with van der Waals surface area (Å²) in [5.41, 5.74) is 3.21. The number of allylic oxidation sites excluding steroid dienone is 7. The highest BCUT2D eigenvalue weighted by atomic mass is 16.5. The number of carbonyl (C=O) groups excluding carboxylic acids is 2. The van der Waals surface area contributed by atoms with Gasteiger partial charge in [-0.05, 0) is 70.2 Å². The van der Waals surface area contributed by atoms with Crippen molar-refractivity contribution in [3.63, 3.8) is 0 Å². The van der Waals surface area contributed by atoms with Crippen molar-refractivity contribution >= 4 is 11.7 Å². The normalized spacial score (nSPS) is 16.0. The maximum Gasteiger partial charge on any atom is 0.228 e. The van der Waals surface area contributed by atoms with Gasteiger partial charge in [0.2, 0.25) is 5.91 Å². The minimum atomic E-state index is -0.522. The van der Waals surface area contributed by atoms with E-state index in [-0.39, 0.29) is 18.1 Å². The Balaban J connectivity index is 2.02. The van der Waals surface area contributed by atoms with Crippen LogP contribution in [-0.2, 0) is 19.1 Å². The molecule has 0 saturated heterocycles. The van der Waals surface area contributed by atoms with Crippen LogP contribution in [0.15, 0.2) is 71.5 Å². The molecule has 0 aromatic carbocycles. The largest absolute Gasteiger partial charge is 0.498 e. The van der Waals surface area contributed by atoms with E-state index in [4.69, 9.17) is 9.47 Å². The maximum atomic E-state index is 13.5. The zero-order valence-electron chi connectivity index (χ0n) is 30.7. The van der Waals surface area contributed by atoms with Gasteiger partial charge in [0, 0.05) is 57.6 Å². The standard InChI is InChI=1S/C40H65N3O4/c1-8-13-15-16-23-36(44)31-38(33(6)46-12-5)43-39-32-37(24-19-21-34(39)25-26-40(43)45)47-30-18-17-27-42(11-4)29-28-41(7)35(20-10-3)22-14-9-2/h14,19-22,32,38H,6,8-13,15-18,23-31H2,1-5,7H3/b22-14-,35-20+. The number of ketones is 1. The summed E-state index contributed by atoms with van der Waals surface area (Å²) in [5, 5.41) is 0. The Labute approximate surface area is 287 Å². The molecule has 7 nitrogen and oxygen atoms in total. The molecule has 1 aliphatic heterocycles. The Morgan fingerprint density at radius 3 is 2.53 bits per heavy atom. The number of hydrogen-bond donors (Lipinski definition) is 0. The van der Waals surface area contributed by atoms with Crippen LogP contribution in [0, 0.1) is 0 Å². The zero-order chi connectivity index (χ0) is 34.4. The van der Waals surface area contributed by atoms with Crippen LogP contribution >= 0.6 is 0 Å². The van der Waals surface area contributed by atoms with Crippen molar-refractivity contribution in [1.82, 2.24) is 14.7 Å². The SMILES string of the molecule is C=C(OCC)C(CC(=O)CCCCCC)N1C(=O)CCC2=C1C=C(OCCCCN(CC)CCN(C)C(/C=C\CC)=C/CC)CC=C2. The molecular weight excluding hydrogens is 586 g/mol. The van der Waals surface area contributed by atoms with Crippen molar-refractivity contribution in [1.29, 1.82) is 0 Å². The average Bonchev–Trinajstić information content (AvgIpc) is 3.27. The minimum Gasteiger partial charge on any atom is -0.498 e. The molecule has 0 aromatic rings. The topological polar surface area (TPSA) is 62.3 Å². The Bertz CT molecular complexity index is 1130. The molecule has 0 aromatic heterocycles. The Morgan fingerprint density at radius 1 is 1.02 bits per heavy atom. The van der Waals surface area contributed by atoms with Gasteiger partial charge in [-0.15, -0.1) is 0 Å². The van der Waals surface area contributed by atoms with E-state index >= 15 is 0 Å². The molecular formula is C40H65N3O4. The molecule has 0 bridgehead atoms. The summed E-state index contributed by atoms with van der Waals surface area (Å²) in [6, 6.07) is -0.522. The van der Waals surface area contributed by atoms with Crippen LogP contribution in [0.4, 0.5) is 0 Å². The summed E-state index contributed by atoms with van der Waals surface area (Å²) in [7, 11) is 2.18. The molecule has 264 valence electrons. The van der Waals surface area contributed by atoms with Crippen LogP contribution in [0.5, 0.6) is 0 Å². The number of hydrogen-bond acceptors (Lipinski definition) is 6. The fourth-order valence-electron chi connectivity index (χ4n) is 6.07. The van der Waals surface area contributed by atoms with E-state index in [1.54, 1.807) is 4.90 Å². The smallest absolute Gasteiger partial charge is 0.228 e. The number of likely N-dealkylation sites (N-methyl/N-ethyl adjacent to an activating group) is 2. The number of unbranched alkanes of at least 4 members (excludes halogenated alkanes) is 4. The van der Waals surface area contributed by atoms with Gasteiger partial charge in [0.15, 0.2) is 0 Å². The summed E-state index contributed by atoms with van der Waals surface area (Å²) >= 11 is 0. The number of nitrogens with zero attached hydrogens (tertiary/aromatic N) is 3. The lowest BCUT2D eigenvalue weighted by molar-refractivity contribution is -0.132. The minimum absolute atomic E-state index is 0.00304. The van der Waals surface area contributed by atoms with E-state index in [9.17, 15) is 9.59 Å². The van der Waals surface area contributed by atoms with Gasteiger partial charge < -0.3 is 24.2 Å². The van der Waals surface area contributed by atoms with E-state index in [0.29, 0.717) is 44.7 Å². The van der Waals surface area contributed by atoms with Gasteiger partial charge in [-0.2, -0.15) is 0 Å². The highest BCUT2D eigenvalue weighted by molar-refractivity contribution is 5.84. The number of carbonyl (C=O) groups is 2. The Kier molecular flexibility index (Phi) is 19.9. The number of amides is 1. The van der Waals surface area contributed by atoms with Crippen LogP contribution in [0.3, 0.4) is 0 Å². The molecule has 1 unspecified atom stereocenters. The van der Waals surface area contributed by atoms with Gasteiger partial charge in [0.1, 0.15) is 23.3 Å². The summed E-state index contributed by atoms with van der Waals surface area (Å²) < 4.78 is 12.2. The molecule has 2 aliphatic rings. The lowest BCUT2D eigenvalue weighted by Gasteiger charge is -2.37. The quantitative estimate of drug-likeness (QED) is 0.0558. The van der Waals surface area contributed by atoms with Gasteiger partial charge in [0.05, 0.1) is 18.9 Å². The highest BCUT2D eigenvalue weighted by Crippen LogP contribution is 2.34. The first-order valence-electron chi connectivity index (χ1n) is 18.5. The van der Waals surface area contributed by atoms with Crippen LogP contribution in [0.25, 0.3) is 0 Å². The number of rotatable bonds is 25. The third-order valence-corrected chi connectivity index (χ3v) is 8.88. The number of Topliss-reactive ketones (excluding diaryl/α,β-unsaturated/α-hetero) is 1. The fraction of sp³-hybridized carbons (Fsp3) is 0.650. The molecule has 0 fully saturated rings. The molecule has 1 heterocycles. The second-order valence-electron chi connectivity index (χ2n) is 12.6. The van der Waals surface area contributed by atoms with Crippen LogP contribution in [0.1, 0.15) is 118 Å². The summed E-state index contributed by atoms with van der Waals surface area (Å²) in [5.74, 6) is 1.48. The summed E-state index contributed by atoms with van der Waals surface area (Å²) in [6.07, 6.45) is 23.8. The van der Waals surface area contributed by atoms with Crippen molar-refractivity contribution < 1.29 is 19.1 Å². The van der Waals surface area contributed by atoms with Gasteiger partial charge in [0.25, 0.3) is 0 Å². The predicted octanol–water partition coefficient (Wildman–Crippen LogP) is 8.87. The van der Waals surface area contributed by atoms with Gasteiger partial charge in [-0.3, -0.25) is 9.59 Å². The average molecular weight is 652 g/mol. The fourth-order valence-corrected chi connectivity index (χ4v) is 6.07. The molecule has 0 radical (unpaired) electrons. The lowest BCUT2D eigenvalue weighted by atomic mass is 9.95. The predicted molar refractivity (Wildman–Crippen MR) is 196 cm³/mol. The van der Waals surface area contributed by atoms with E-state index in [1.807, 2.05) is 13.0 Å². The van der Waals surface area contributed by atoms with Crippen LogP contribution in [0.2, 0.25) is 0 Å². The van der Waals surface area contributed by atoms with Gasteiger partial charge >= 0.3 is 0 Å². The van der Waals surface area contributed by atoms with Crippen molar-refractivity contribution in [2.45, 2.75) is 124 Å². The second kappa shape index (κ2) is 23.3. The van der Waals surface area contributed by atoms with E-state index in [2.05, 4.69) is 81.5 Å². The molecule has 1 aliphatic carbocycles. The summed E-state index contributed by atoms with van der Waals surface area (Å²) in [6.45, 7) is 20.0. The van der Waals surface area contributed by atoms with Gasteiger partial charge in [-0.25, -0.2) is 0 Å². The lowest BCUT2D eigenvalue weighted by Crippen LogP contribution is -2.44. The molecule has 0 spiro atoms. The van der Waals surface area contributed by atoms with Crippen molar-refractivity contribution in [2.75, 3.05) is 46.4 Å². The zero-order valence-corrected chi connectivity index (χ0v) is 30.7. The molecule has 0 N–H and O–H groups in total. The molecule has 7 heteroatoms. The third kappa shape index (κ3) is 14.3. The Morgan fingerprint density at radius 2 is 1.83 bits per heavy atom. The van der Waals surface area contributed by atoms with Crippen LogP contribution < -0.4 is 0 Å². The monoisotopic (exact) mass is 651 g/mol. The van der Waals surface area contributed by atoms with E-state index in [1.165, 1.54) is 5.70 Å². The van der Waals surface area contributed by atoms with Crippen LogP contribution in [-0.4, -0.2) is 78.9 Å². The highest BCUT2D eigenvalue weighted by Gasteiger charge is 2.35. The van der Waals surface area contributed by atoms with E-state index < -0.39 is 6.04 Å². The molecule has 1 atom stereocenters. The first-order valence-corrected chi connectivity index (χ1v) is 18.5. The molecule has 0 saturated carbocycles.